The number of aromatic hydroxyl groups is 1. The van der Waals surface area contributed by atoms with Gasteiger partial charge in [-0.25, -0.2) is 4.79 Å². The number of hydrogen-bond donors (Lipinski definition) is 3. The minimum atomic E-state index is -1.12. The van der Waals surface area contributed by atoms with Gasteiger partial charge in [-0.05, 0) is 91.0 Å². The summed E-state index contributed by atoms with van der Waals surface area (Å²) in [7, 11) is 0. The third kappa shape index (κ3) is 11.1. The second kappa shape index (κ2) is 14.2. The smallest absolute Gasteiger partial charge is 0.408 e. The summed E-state index contributed by atoms with van der Waals surface area (Å²) in [6, 6.07) is 2.62. The Balaban J connectivity index is 3.54. The van der Waals surface area contributed by atoms with Crippen molar-refractivity contribution in [2.45, 2.75) is 105 Å². The van der Waals surface area contributed by atoms with Gasteiger partial charge in [-0.15, -0.1) is 0 Å². The van der Waals surface area contributed by atoms with Crippen molar-refractivity contribution in [1.29, 1.82) is 0 Å². The molecule has 220 valence electrons. The fraction of sp³-hybridized carbons (Fsp3) is 0.655. The highest BCUT2D eigenvalue weighted by atomic mass is 16.6. The predicted molar refractivity (Wildman–Crippen MR) is 149 cm³/mol. The first-order valence-corrected chi connectivity index (χ1v) is 13.4. The molecule has 0 aliphatic heterocycles. The average molecular weight is 550 g/mol. The molecule has 0 spiro atoms. The standard InChI is InChI=1S/C29H47N3O7/c1-11-38-23(34)14-15-30-25(35)24(20-12-13-22(33)19(4)17-20)32(28(5,6)7)26(36)21(16-18(2)3)31-27(37)39-29(8,9)10/h12-13,17-18,21,24,33H,11,14-16H2,1-10H3,(H,30,35)(H,31,37). The van der Waals surface area contributed by atoms with E-state index in [9.17, 15) is 24.3 Å². The van der Waals surface area contributed by atoms with Crippen LogP contribution < -0.4 is 10.6 Å². The summed E-state index contributed by atoms with van der Waals surface area (Å²) in [6.07, 6.45) is -0.442. The van der Waals surface area contributed by atoms with Crippen molar-refractivity contribution in [3.8, 4) is 5.75 Å². The van der Waals surface area contributed by atoms with E-state index in [1.807, 2.05) is 13.8 Å². The van der Waals surface area contributed by atoms with E-state index in [1.165, 1.54) is 11.0 Å². The fourth-order valence-electron chi connectivity index (χ4n) is 4.04. The summed E-state index contributed by atoms with van der Waals surface area (Å²) in [5.41, 5.74) is -0.618. The van der Waals surface area contributed by atoms with Crippen LogP contribution in [0.1, 0.15) is 92.3 Å². The van der Waals surface area contributed by atoms with Crippen LogP contribution in [0.5, 0.6) is 5.75 Å². The number of hydrogen-bond acceptors (Lipinski definition) is 7. The third-order valence-electron chi connectivity index (χ3n) is 5.63. The van der Waals surface area contributed by atoms with E-state index in [4.69, 9.17) is 9.47 Å². The molecule has 0 aliphatic rings. The van der Waals surface area contributed by atoms with Gasteiger partial charge < -0.3 is 30.1 Å². The van der Waals surface area contributed by atoms with E-state index in [0.29, 0.717) is 17.5 Å². The molecule has 3 amide bonds. The fourth-order valence-corrected chi connectivity index (χ4v) is 4.04. The molecular formula is C29H47N3O7. The number of nitrogens with zero attached hydrogens (tertiary/aromatic N) is 1. The molecule has 0 aromatic heterocycles. The Labute approximate surface area is 232 Å². The van der Waals surface area contributed by atoms with Crippen LogP contribution in [0.2, 0.25) is 0 Å². The van der Waals surface area contributed by atoms with Gasteiger partial charge in [0, 0.05) is 12.1 Å². The summed E-state index contributed by atoms with van der Waals surface area (Å²) in [6.45, 7) is 18.1. The Kier molecular flexibility index (Phi) is 12.3. The Bertz CT molecular complexity index is 1010. The van der Waals surface area contributed by atoms with Gasteiger partial charge in [0.05, 0.1) is 13.0 Å². The highest BCUT2D eigenvalue weighted by molar-refractivity contribution is 5.92. The molecule has 2 atom stereocenters. The van der Waals surface area contributed by atoms with Crippen LogP contribution in [-0.4, -0.2) is 64.2 Å². The molecular weight excluding hydrogens is 502 g/mol. The second-order valence-corrected chi connectivity index (χ2v) is 12.0. The summed E-state index contributed by atoms with van der Waals surface area (Å²) >= 11 is 0. The first-order chi connectivity index (χ1) is 17.9. The molecule has 0 bridgehead atoms. The van der Waals surface area contributed by atoms with Crippen molar-refractivity contribution in [2.24, 2.45) is 5.92 Å². The number of ether oxygens (including phenoxy) is 2. The molecule has 3 N–H and O–H groups in total. The summed E-state index contributed by atoms with van der Waals surface area (Å²) < 4.78 is 10.4. The van der Waals surface area contributed by atoms with Gasteiger partial charge in [0.2, 0.25) is 11.8 Å². The topological polar surface area (TPSA) is 134 Å². The second-order valence-electron chi connectivity index (χ2n) is 12.0. The van der Waals surface area contributed by atoms with Crippen molar-refractivity contribution >= 4 is 23.9 Å². The SMILES string of the molecule is CCOC(=O)CCNC(=O)C(c1ccc(O)c(C)c1)N(C(=O)C(CC(C)C)NC(=O)OC(C)(C)C)C(C)(C)C. The number of rotatable bonds is 11. The lowest BCUT2D eigenvalue weighted by Gasteiger charge is -2.43. The minimum absolute atomic E-state index is 0.0169. The number of amides is 3. The lowest BCUT2D eigenvalue weighted by Crippen LogP contribution is -2.59. The number of carbonyl (C=O) groups excluding carboxylic acids is 4. The summed E-state index contributed by atoms with van der Waals surface area (Å²) in [5, 5.41) is 15.6. The quantitative estimate of drug-likeness (QED) is 0.349. The van der Waals surface area contributed by atoms with Gasteiger partial charge in [0.15, 0.2) is 0 Å². The van der Waals surface area contributed by atoms with Crippen molar-refractivity contribution in [3.05, 3.63) is 29.3 Å². The average Bonchev–Trinajstić information content (AvgIpc) is 2.76. The molecule has 0 radical (unpaired) electrons. The number of benzene rings is 1. The highest BCUT2D eigenvalue weighted by Gasteiger charge is 2.42. The van der Waals surface area contributed by atoms with Gasteiger partial charge in [-0.2, -0.15) is 0 Å². The van der Waals surface area contributed by atoms with E-state index in [-0.39, 0.29) is 31.2 Å². The lowest BCUT2D eigenvalue weighted by molar-refractivity contribution is -0.149. The lowest BCUT2D eigenvalue weighted by atomic mass is 9.93. The van der Waals surface area contributed by atoms with E-state index in [0.717, 1.165) is 0 Å². The maximum Gasteiger partial charge on any atom is 0.408 e. The summed E-state index contributed by atoms with van der Waals surface area (Å²) in [5.74, 6) is -1.31. The molecule has 0 aliphatic carbocycles. The first kappa shape index (κ1) is 33.7. The first-order valence-electron chi connectivity index (χ1n) is 13.4. The Morgan fingerprint density at radius 1 is 1.05 bits per heavy atom. The van der Waals surface area contributed by atoms with Crippen molar-refractivity contribution in [2.75, 3.05) is 13.2 Å². The molecule has 0 saturated heterocycles. The predicted octanol–water partition coefficient (Wildman–Crippen LogP) is 4.38. The van der Waals surface area contributed by atoms with E-state index in [2.05, 4.69) is 10.6 Å². The van der Waals surface area contributed by atoms with Gasteiger partial charge in [-0.1, -0.05) is 19.9 Å². The molecule has 1 rings (SSSR count). The van der Waals surface area contributed by atoms with E-state index >= 15 is 0 Å². The zero-order chi connectivity index (χ0) is 30.1. The van der Waals surface area contributed by atoms with Crippen LogP contribution in [0.25, 0.3) is 0 Å². The van der Waals surface area contributed by atoms with E-state index in [1.54, 1.807) is 67.5 Å². The van der Waals surface area contributed by atoms with Gasteiger partial charge >= 0.3 is 12.1 Å². The molecule has 10 nitrogen and oxygen atoms in total. The largest absolute Gasteiger partial charge is 0.508 e. The number of aryl methyl sites for hydroxylation is 1. The number of nitrogens with one attached hydrogen (secondary N) is 2. The normalized spacial score (nSPS) is 13.3. The monoisotopic (exact) mass is 549 g/mol. The number of phenolic OH excluding ortho intramolecular Hbond substituents is 1. The molecule has 0 fully saturated rings. The number of phenols is 1. The van der Waals surface area contributed by atoms with Crippen LogP contribution in [0, 0.1) is 12.8 Å². The Morgan fingerprint density at radius 3 is 2.15 bits per heavy atom. The number of esters is 1. The van der Waals surface area contributed by atoms with Gasteiger partial charge in [0.1, 0.15) is 23.4 Å². The molecule has 1 aromatic rings. The van der Waals surface area contributed by atoms with Crippen molar-refractivity contribution in [1.82, 2.24) is 15.5 Å². The molecule has 2 unspecified atom stereocenters. The molecule has 1 aromatic carbocycles. The van der Waals surface area contributed by atoms with Crippen LogP contribution in [0.3, 0.4) is 0 Å². The molecule has 0 saturated carbocycles. The zero-order valence-electron chi connectivity index (χ0n) is 25.1. The zero-order valence-corrected chi connectivity index (χ0v) is 25.1. The maximum absolute atomic E-state index is 14.2. The van der Waals surface area contributed by atoms with Crippen molar-refractivity contribution < 1.29 is 33.8 Å². The van der Waals surface area contributed by atoms with E-state index < -0.39 is 47.1 Å². The van der Waals surface area contributed by atoms with Gasteiger partial charge in [-0.3, -0.25) is 14.4 Å². The van der Waals surface area contributed by atoms with Crippen LogP contribution in [0.15, 0.2) is 18.2 Å². The maximum atomic E-state index is 14.2. The molecule has 0 heterocycles. The third-order valence-corrected chi connectivity index (χ3v) is 5.63. The molecule has 10 heteroatoms. The van der Waals surface area contributed by atoms with Crippen LogP contribution in [0.4, 0.5) is 4.79 Å². The highest BCUT2D eigenvalue weighted by Crippen LogP contribution is 2.32. The number of carbonyl (C=O) groups is 4. The number of alkyl carbamates (subject to hydrolysis) is 1. The Morgan fingerprint density at radius 2 is 1.67 bits per heavy atom. The minimum Gasteiger partial charge on any atom is -0.508 e. The van der Waals surface area contributed by atoms with Crippen molar-refractivity contribution in [3.63, 3.8) is 0 Å². The van der Waals surface area contributed by atoms with Gasteiger partial charge in [0.25, 0.3) is 0 Å². The molecule has 39 heavy (non-hydrogen) atoms. The summed E-state index contributed by atoms with van der Waals surface area (Å²) in [4.78, 5) is 53.9. The Hall–Kier alpha value is -3.30. The van der Waals surface area contributed by atoms with Crippen LogP contribution in [-0.2, 0) is 23.9 Å². The van der Waals surface area contributed by atoms with Crippen LogP contribution >= 0.6 is 0 Å².